The Balaban J connectivity index is 2.24. The molecule has 0 radical (unpaired) electrons. The van der Waals surface area contributed by atoms with Crippen LogP contribution in [0.5, 0.6) is 0 Å². The number of rotatable bonds is 5. The van der Waals surface area contributed by atoms with E-state index in [1.54, 1.807) is 12.1 Å². The minimum Gasteiger partial charge on any atom is -0.460 e. The van der Waals surface area contributed by atoms with Gasteiger partial charge in [-0.1, -0.05) is 12.1 Å². The minimum absolute atomic E-state index is 0.195. The Labute approximate surface area is 114 Å². The molecule has 1 N–H and O–H groups in total. The van der Waals surface area contributed by atoms with E-state index in [9.17, 15) is 4.79 Å². The van der Waals surface area contributed by atoms with Gasteiger partial charge in [0.2, 0.25) is 0 Å². The molecule has 0 saturated carbocycles. The lowest BCUT2D eigenvalue weighted by Gasteiger charge is -2.19. The van der Waals surface area contributed by atoms with Crippen molar-refractivity contribution in [1.29, 1.82) is 5.26 Å². The number of ether oxygens (including phenoxy) is 1. The predicted molar refractivity (Wildman–Crippen MR) is 73.3 cm³/mol. The molecule has 4 heteroatoms. The molecule has 1 rings (SSSR count). The lowest BCUT2D eigenvalue weighted by atomic mass is 10.1. The monoisotopic (exact) mass is 260 g/mol. The number of nitrogens with zero attached hydrogens (tertiary/aromatic N) is 1. The average molecular weight is 260 g/mol. The molecule has 0 bridgehead atoms. The van der Waals surface area contributed by atoms with E-state index in [1.807, 2.05) is 32.9 Å². The molecule has 0 saturated heterocycles. The molecule has 0 aliphatic heterocycles. The fourth-order valence-electron chi connectivity index (χ4n) is 1.51. The van der Waals surface area contributed by atoms with Crippen LogP contribution in [0.15, 0.2) is 24.3 Å². The van der Waals surface area contributed by atoms with E-state index in [-0.39, 0.29) is 5.97 Å². The number of carbonyl (C=O) groups is 1. The molecule has 0 spiro atoms. The van der Waals surface area contributed by atoms with E-state index in [2.05, 4.69) is 11.4 Å². The molecule has 4 nitrogen and oxygen atoms in total. The first kappa shape index (κ1) is 15.2. The molecule has 0 unspecified atom stereocenters. The van der Waals surface area contributed by atoms with Crippen LogP contribution in [0.2, 0.25) is 0 Å². The highest BCUT2D eigenvalue weighted by atomic mass is 16.6. The molecule has 0 aliphatic rings. The summed E-state index contributed by atoms with van der Waals surface area (Å²) in [6.07, 6.45) is 0.355. The van der Waals surface area contributed by atoms with Gasteiger partial charge in [-0.2, -0.15) is 5.26 Å². The molecule has 0 heterocycles. The molecule has 0 aromatic heterocycles. The van der Waals surface area contributed by atoms with Gasteiger partial charge in [-0.25, -0.2) is 0 Å². The predicted octanol–water partition coefficient (Wildman–Crippen LogP) is 2.38. The van der Waals surface area contributed by atoms with Crippen LogP contribution in [0.3, 0.4) is 0 Å². The van der Waals surface area contributed by atoms with Crippen LogP contribution in [0, 0.1) is 11.3 Å². The van der Waals surface area contributed by atoms with E-state index in [1.165, 1.54) is 0 Å². The Hall–Kier alpha value is -1.86. The highest BCUT2D eigenvalue weighted by Crippen LogP contribution is 2.08. The Kier molecular flexibility index (Phi) is 5.53. The molecule has 0 atom stereocenters. The average Bonchev–Trinajstić information content (AvgIpc) is 2.33. The maximum Gasteiger partial charge on any atom is 0.307 e. The molecule has 102 valence electrons. The first-order chi connectivity index (χ1) is 8.90. The highest BCUT2D eigenvalue weighted by molar-refractivity contribution is 5.70. The van der Waals surface area contributed by atoms with Gasteiger partial charge in [-0.15, -0.1) is 0 Å². The number of benzene rings is 1. The zero-order chi connectivity index (χ0) is 14.3. The molecule has 0 aliphatic carbocycles. The van der Waals surface area contributed by atoms with Crippen LogP contribution in [-0.4, -0.2) is 18.1 Å². The van der Waals surface area contributed by atoms with E-state index in [0.717, 1.165) is 5.56 Å². The Morgan fingerprint density at radius 3 is 2.47 bits per heavy atom. The molecule has 0 fully saturated rings. The lowest BCUT2D eigenvalue weighted by Crippen LogP contribution is -2.26. The summed E-state index contributed by atoms with van der Waals surface area (Å²) >= 11 is 0. The molecule has 0 amide bonds. The summed E-state index contributed by atoms with van der Waals surface area (Å²) in [6, 6.07) is 9.45. The van der Waals surface area contributed by atoms with Gasteiger partial charge in [0.1, 0.15) is 5.60 Å². The topological polar surface area (TPSA) is 62.1 Å². The van der Waals surface area contributed by atoms with Crippen LogP contribution >= 0.6 is 0 Å². The third-order valence-electron chi connectivity index (χ3n) is 2.34. The molecular weight excluding hydrogens is 240 g/mol. The molecule has 1 aromatic rings. The van der Waals surface area contributed by atoms with E-state index in [0.29, 0.717) is 25.1 Å². The van der Waals surface area contributed by atoms with Crippen LogP contribution < -0.4 is 5.32 Å². The highest BCUT2D eigenvalue weighted by Gasteiger charge is 2.15. The molecule has 19 heavy (non-hydrogen) atoms. The zero-order valence-electron chi connectivity index (χ0n) is 11.7. The van der Waals surface area contributed by atoms with Crippen LogP contribution in [0.4, 0.5) is 0 Å². The zero-order valence-corrected chi connectivity index (χ0v) is 11.7. The second kappa shape index (κ2) is 6.91. The van der Waals surface area contributed by atoms with Crippen molar-refractivity contribution in [3.8, 4) is 6.07 Å². The van der Waals surface area contributed by atoms with E-state index < -0.39 is 5.60 Å². The number of nitriles is 1. The summed E-state index contributed by atoms with van der Waals surface area (Å²) in [5.41, 5.74) is 1.31. The van der Waals surface area contributed by atoms with E-state index >= 15 is 0 Å². The summed E-state index contributed by atoms with van der Waals surface area (Å²) in [5, 5.41) is 11.9. The van der Waals surface area contributed by atoms with E-state index in [4.69, 9.17) is 10.00 Å². The summed E-state index contributed by atoms with van der Waals surface area (Å²) in [4.78, 5) is 11.5. The maximum atomic E-state index is 11.5. The van der Waals surface area contributed by atoms with Crippen molar-refractivity contribution in [2.45, 2.75) is 39.3 Å². The number of carbonyl (C=O) groups excluding carboxylic acids is 1. The van der Waals surface area contributed by atoms with Crippen molar-refractivity contribution in [3.05, 3.63) is 35.4 Å². The van der Waals surface area contributed by atoms with Gasteiger partial charge < -0.3 is 10.1 Å². The Bertz CT molecular complexity index is 453. The number of nitrogens with one attached hydrogen (secondary N) is 1. The second-order valence-electron chi connectivity index (χ2n) is 5.32. The number of hydrogen-bond donors (Lipinski definition) is 1. The lowest BCUT2D eigenvalue weighted by molar-refractivity contribution is -0.154. The van der Waals surface area contributed by atoms with Crippen LogP contribution in [-0.2, 0) is 16.1 Å². The smallest absolute Gasteiger partial charge is 0.307 e. The normalized spacial score (nSPS) is 10.8. The van der Waals surface area contributed by atoms with Crippen molar-refractivity contribution >= 4 is 5.97 Å². The quantitative estimate of drug-likeness (QED) is 0.652. The van der Waals surface area contributed by atoms with Gasteiger partial charge >= 0.3 is 5.97 Å². The standard InChI is InChI=1S/C15H20N2O2/c1-15(2,3)19-14(18)8-9-17-11-13-6-4-12(10-16)5-7-13/h4-7,17H,8-9,11H2,1-3H3. The van der Waals surface area contributed by atoms with Crippen molar-refractivity contribution in [2.24, 2.45) is 0 Å². The minimum atomic E-state index is -0.426. The fourth-order valence-corrected chi connectivity index (χ4v) is 1.51. The Morgan fingerprint density at radius 2 is 1.95 bits per heavy atom. The van der Waals surface area contributed by atoms with Gasteiger partial charge in [0, 0.05) is 13.1 Å². The van der Waals surface area contributed by atoms with Gasteiger partial charge in [0.15, 0.2) is 0 Å². The van der Waals surface area contributed by atoms with Crippen LogP contribution in [0.1, 0.15) is 38.3 Å². The van der Waals surface area contributed by atoms with Crippen LogP contribution in [0.25, 0.3) is 0 Å². The van der Waals surface area contributed by atoms with Crippen molar-refractivity contribution in [3.63, 3.8) is 0 Å². The fraction of sp³-hybridized carbons (Fsp3) is 0.467. The summed E-state index contributed by atoms with van der Waals surface area (Å²) in [6.45, 7) is 6.82. The summed E-state index contributed by atoms with van der Waals surface area (Å²) < 4.78 is 5.21. The third kappa shape index (κ3) is 6.58. The summed E-state index contributed by atoms with van der Waals surface area (Å²) in [5.74, 6) is -0.195. The van der Waals surface area contributed by atoms with Gasteiger partial charge in [0.25, 0.3) is 0 Å². The van der Waals surface area contributed by atoms with Gasteiger partial charge in [-0.05, 0) is 38.5 Å². The Morgan fingerprint density at radius 1 is 1.32 bits per heavy atom. The largest absolute Gasteiger partial charge is 0.460 e. The first-order valence-corrected chi connectivity index (χ1v) is 6.32. The third-order valence-corrected chi connectivity index (χ3v) is 2.34. The second-order valence-corrected chi connectivity index (χ2v) is 5.32. The number of hydrogen-bond acceptors (Lipinski definition) is 4. The molecule has 1 aromatic carbocycles. The SMILES string of the molecule is CC(C)(C)OC(=O)CCNCc1ccc(C#N)cc1. The van der Waals surface area contributed by atoms with Gasteiger partial charge in [0.05, 0.1) is 18.1 Å². The van der Waals surface area contributed by atoms with Gasteiger partial charge in [-0.3, -0.25) is 4.79 Å². The summed E-state index contributed by atoms with van der Waals surface area (Å²) in [7, 11) is 0. The first-order valence-electron chi connectivity index (χ1n) is 6.32. The molecular formula is C15H20N2O2. The maximum absolute atomic E-state index is 11.5. The van der Waals surface area contributed by atoms with Crippen molar-refractivity contribution in [1.82, 2.24) is 5.32 Å². The van der Waals surface area contributed by atoms with Crippen molar-refractivity contribution in [2.75, 3.05) is 6.54 Å². The number of esters is 1. The van der Waals surface area contributed by atoms with Crippen molar-refractivity contribution < 1.29 is 9.53 Å².